The van der Waals surface area contributed by atoms with Crippen molar-refractivity contribution in [2.75, 3.05) is 11.4 Å². The van der Waals surface area contributed by atoms with Crippen molar-refractivity contribution in [3.05, 3.63) is 95.3 Å². The highest BCUT2D eigenvalue weighted by atomic mass is 16.2. The molecule has 0 saturated carbocycles. The highest BCUT2D eigenvalue weighted by Crippen LogP contribution is 2.18. The van der Waals surface area contributed by atoms with Crippen molar-refractivity contribution in [1.82, 2.24) is 10.3 Å². The smallest absolute Gasteiger partial charge is 0.276 e. The molecule has 5 nitrogen and oxygen atoms in total. The molecule has 5 heteroatoms. The summed E-state index contributed by atoms with van der Waals surface area (Å²) < 4.78 is 0. The predicted octanol–water partition coefficient (Wildman–Crippen LogP) is 4.55. The number of aryl methyl sites for hydroxylation is 1. The summed E-state index contributed by atoms with van der Waals surface area (Å²) in [7, 11) is 0. The van der Waals surface area contributed by atoms with E-state index in [0.29, 0.717) is 6.54 Å². The average Bonchev–Trinajstić information content (AvgIpc) is 2.75. The van der Waals surface area contributed by atoms with Gasteiger partial charge in [-0.05, 0) is 56.2 Å². The Morgan fingerprint density at radius 2 is 1.66 bits per heavy atom. The monoisotopic (exact) mass is 387 g/mol. The standard InChI is InChI=1S/C24H25N3O2/c1-4-27(20-13-8-10-17(2)16-20)24(29)22-15-9-14-21(26-22)23(28)25-18(3)19-11-6-5-7-12-19/h5-16,18H,4H2,1-3H3,(H,25,28). The quantitative estimate of drug-likeness (QED) is 0.675. The summed E-state index contributed by atoms with van der Waals surface area (Å²) in [5, 5.41) is 2.93. The van der Waals surface area contributed by atoms with Gasteiger partial charge in [-0.1, -0.05) is 48.5 Å². The van der Waals surface area contributed by atoms with Crippen LogP contribution in [0.25, 0.3) is 0 Å². The zero-order chi connectivity index (χ0) is 20.8. The van der Waals surface area contributed by atoms with E-state index in [2.05, 4.69) is 10.3 Å². The Labute approximate surface area is 171 Å². The first-order valence-corrected chi connectivity index (χ1v) is 9.71. The Hall–Kier alpha value is -3.47. The molecular formula is C24H25N3O2. The lowest BCUT2D eigenvalue weighted by Gasteiger charge is -2.21. The molecular weight excluding hydrogens is 362 g/mol. The van der Waals surface area contributed by atoms with Crippen LogP contribution in [0.15, 0.2) is 72.8 Å². The first kappa shape index (κ1) is 20.3. The van der Waals surface area contributed by atoms with Crippen LogP contribution >= 0.6 is 0 Å². The van der Waals surface area contributed by atoms with Crippen LogP contribution in [0.4, 0.5) is 5.69 Å². The Balaban J connectivity index is 1.79. The van der Waals surface area contributed by atoms with Crippen LogP contribution in [0, 0.1) is 6.92 Å². The number of carbonyl (C=O) groups is 2. The molecule has 0 aliphatic carbocycles. The minimum atomic E-state index is -0.311. The molecule has 0 bridgehead atoms. The summed E-state index contributed by atoms with van der Waals surface area (Å²) >= 11 is 0. The fraction of sp³-hybridized carbons (Fsp3) is 0.208. The van der Waals surface area contributed by atoms with Crippen molar-refractivity contribution in [3.63, 3.8) is 0 Å². The van der Waals surface area contributed by atoms with Crippen LogP contribution in [0.2, 0.25) is 0 Å². The second-order valence-electron chi connectivity index (χ2n) is 6.90. The van der Waals surface area contributed by atoms with Gasteiger partial charge >= 0.3 is 0 Å². The van der Waals surface area contributed by atoms with Crippen molar-refractivity contribution in [1.29, 1.82) is 0 Å². The van der Waals surface area contributed by atoms with Crippen LogP contribution < -0.4 is 10.2 Å². The Morgan fingerprint density at radius 1 is 0.966 bits per heavy atom. The highest BCUT2D eigenvalue weighted by molar-refractivity contribution is 6.05. The minimum absolute atomic E-state index is 0.163. The number of carbonyl (C=O) groups excluding carboxylic acids is 2. The molecule has 1 heterocycles. The van der Waals surface area contributed by atoms with Crippen LogP contribution in [0.3, 0.4) is 0 Å². The van der Waals surface area contributed by atoms with Gasteiger partial charge in [0.05, 0.1) is 6.04 Å². The summed E-state index contributed by atoms with van der Waals surface area (Å²) in [5.74, 6) is -0.543. The van der Waals surface area contributed by atoms with Crippen molar-refractivity contribution < 1.29 is 9.59 Å². The van der Waals surface area contributed by atoms with Gasteiger partial charge in [0.15, 0.2) is 0 Å². The molecule has 2 amide bonds. The van der Waals surface area contributed by atoms with E-state index in [1.54, 1.807) is 23.1 Å². The fourth-order valence-corrected chi connectivity index (χ4v) is 3.15. The molecule has 1 unspecified atom stereocenters. The highest BCUT2D eigenvalue weighted by Gasteiger charge is 2.20. The van der Waals surface area contributed by atoms with Gasteiger partial charge in [-0.15, -0.1) is 0 Å². The maximum atomic E-state index is 13.0. The maximum absolute atomic E-state index is 13.0. The number of hydrogen-bond donors (Lipinski definition) is 1. The molecule has 148 valence electrons. The third-order valence-corrected chi connectivity index (χ3v) is 4.72. The van der Waals surface area contributed by atoms with E-state index in [-0.39, 0.29) is 29.2 Å². The summed E-state index contributed by atoms with van der Waals surface area (Å²) in [6, 6.07) is 22.2. The van der Waals surface area contributed by atoms with Crippen molar-refractivity contribution in [3.8, 4) is 0 Å². The Morgan fingerprint density at radius 3 is 2.34 bits per heavy atom. The maximum Gasteiger partial charge on any atom is 0.276 e. The molecule has 3 rings (SSSR count). The number of nitrogens with zero attached hydrogens (tertiary/aromatic N) is 2. The number of nitrogens with one attached hydrogen (secondary N) is 1. The third-order valence-electron chi connectivity index (χ3n) is 4.72. The van der Waals surface area contributed by atoms with Gasteiger partial charge in [0, 0.05) is 12.2 Å². The molecule has 1 aromatic heterocycles. The third kappa shape index (κ3) is 4.88. The van der Waals surface area contributed by atoms with E-state index in [9.17, 15) is 9.59 Å². The molecule has 0 saturated heterocycles. The lowest BCUT2D eigenvalue weighted by Crippen LogP contribution is -2.32. The first-order valence-electron chi connectivity index (χ1n) is 9.71. The van der Waals surface area contributed by atoms with Gasteiger partial charge in [0.2, 0.25) is 0 Å². The van der Waals surface area contributed by atoms with E-state index in [4.69, 9.17) is 0 Å². The van der Waals surface area contributed by atoms with E-state index in [0.717, 1.165) is 16.8 Å². The minimum Gasteiger partial charge on any atom is -0.344 e. The van der Waals surface area contributed by atoms with Gasteiger partial charge < -0.3 is 10.2 Å². The average molecular weight is 387 g/mol. The van der Waals surface area contributed by atoms with Gasteiger partial charge in [0.25, 0.3) is 11.8 Å². The SMILES string of the molecule is CCN(C(=O)c1cccc(C(=O)NC(C)c2ccccc2)n1)c1cccc(C)c1. The molecule has 0 spiro atoms. The van der Waals surface area contributed by atoms with E-state index in [1.807, 2.05) is 75.4 Å². The molecule has 1 N–H and O–H groups in total. The fourth-order valence-electron chi connectivity index (χ4n) is 3.15. The lowest BCUT2D eigenvalue weighted by atomic mass is 10.1. The van der Waals surface area contributed by atoms with Crippen molar-refractivity contribution in [2.24, 2.45) is 0 Å². The molecule has 0 radical (unpaired) electrons. The van der Waals surface area contributed by atoms with Gasteiger partial charge in [0.1, 0.15) is 11.4 Å². The van der Waals surface area contributed by atoms with Crippen LogP contribution in [-0.4, -0.2) is 23.3 Å². The van der Waals surface area contributed by atoms with Crippen LogP contribution in [-0.2, 0) is 0 Å². The molecule has 0 aliphatic heterocycles. The molecule has 1 atom stereocenters. The van der Waals surface area contributed by atoms with E-state index < -0.39 is 0 Å². The number of hydrogen-bond acceptors (Lipinski definition) is 3. The number of aromatic nitrogens is 1. The summed E-state index contributed by atoms with van der Waals surface area (Å²) in [4.78, 5) is 31.7. The Kier molecular flexibility index (Phi) is 6.39. The van der Waals surface area contributed by atoms with Crippen LogP contribution in [0.1, 0.15) is 52.0 Å². The number of anilines is 1. The molecule has 3 aromatic rings. The van der Waals surface area contributed by atoms with Gasteiger partial charge in [-0.3, -0.25) is 9.59 Å². The van der Waals surface area contributed by atoms with Crippen molar-refractivity contribution >= 4 is 17.5 Å². The van der Waals surface area contributed by atoms with E-state index in [1.165, 1.54) is 0 Å². The Bertz CT molecular complexity index is 1000. The van der Waals surface area contributed by atoms with Crippen molar-refractivity contribution in [2.45, 2.75) is 26.8 Å². The predicted molar refractivity (Wildman–Crippen MR) is 115 cm³/mol. The van der Waals surface area contributed by atoms with E-state index >= 15 is 0 Å². The normalized spacial score (nSPS) is 11.6. The second kappa shape index (κ2) is 9.15. The molecule has 0 aliphatic rings. The molecule has 0 fully saturated rings. The van der Waals surface area contributed by atoms with Gasteiger partial charge in [-0.25, -0.2) is 4.98 Å². The first-order chi connectivity index (χ1) is 14.0. The zero-order valence-electron chi connectivity index (χ0n) is 16.9. The topological polar surface area (TPSA) is 62.3 Å². The summed E-state index contributed by atoms with van der Waals surface area (Å²) in [5.41, 5.74) is 3.36. The number of rotatable bonds is 6. The number of pyridine rings is 1. The second-order valence-corrected chi connectivity index (χ2v) is 6.90. The zero-order valence-corrected chi connectivity index (χ0v) is 16.9. The number of benzene rings is 2. The summed E-state index contributed by atoms with van der Waals surface area (Å²) in [6.45, 7) is 6.32. The summed E-state index contributed by atoms with van der Waals surface area (Å²) in [6.07, 6.45) is 0. The molecule has 2 aromatic carbocycles. The molecule has 29 heavy (non-hydrogen) atoms. The largest absolute Gasteiger partial charge is 0.344 e. The van der Waals surface area contributed by atoms with Crippen LogP contribution in [0.5, 0.6) is 0 Å². The number of amides is 2. The van der Waals surface area contributed by atoms with Gasteiger partial charge in [-0.2, -0.15) is 0 Å². The lowest BCUT2D eigenvalue weighted by molar-refractivity contribution is 0.0934.